The van der Waals surface area contributed by atoms with Crippen molar-refractivity contribution in [1.29, 1.82) is 0 Å². The topological polar surface area (TPSA) is 12.0 Å². The zero-order valence-electron chi connectivity index (χ0n) is 12.5. The molecule has 1 fully saturated rings. The molecule has 1 aliphatic carbocycles. The van der Waals surface area contributed by atoms with Crippen molar-refractivity contribution in [2.75, 3.05) is 6.54 Å². The molecule has 1 saturated carbocycles. The molecule has 4 heteroatoms. The molecule has 2 rings (SSSR count). The standard InChI is InChI=1S/C17H24F3N/c1-2-11-21-16(12-13-3-5-15(18)6-4-13)14-7-9-17(19,20)10-8-14/h3-6,14,16,21H,2,7-12H2,1H3. The van der Waals surface area contributed by atoms with Crippen molar-refractivity contribution in [3.05, 3.63) is 35.6 Å². The van der Waals surface area contributed by atoms with Gasteiger partial charge in [-0.3, -0.25) is 0 Å². The number of nitrogens with one attached hydrogen (secondary N) is 1. The first-order valence-electron chi connectivity index (χ1n) is 7.86. The normalized spacial score (nSPS) is 20.4. The summed E-state index contributed by atoms with van der Waals surface area (Å²) < 4.78 is 39.6. The van der Waals surface area contributed by atoms with Crippen LogP contribution in [0, 0.1) is 11.7 Å². The van der Waals surface area contributed by atoms with Crippen LogP contribution in [-0.4, -0.2) is 18.5 Å². The average molecular weight is 299 g/mol. The van der Waals surface area contributed by atoms with Crippen molar-refractivity contribution in [3.8, 4) is 0 Å². The predicted molar refractivity (Wildman–Crippen MR) is 79.1 cm³/mol. The molecule has 0 radical (unpaired) electrons. The number of rotatable bonds is 6. The van der Waals surface area contributed by atoms with Crippen molar-refractivity contribution in [2.24, 2.45) is 5.92 Å². The second-order valence-corrected chi connectivity index (χ2v) is 6.08. The molecular weight excluding hydrogens is 275 g/mol. The summed E-state index contributed by atoms with van der Waals surface area (Å²) in [6.45, 7) is 2.98. The van der Waals surface area contributed by atoms with Crippen LogP contribution in [0.15, 0.2) is 24.3 Å². The van der Waals surface area contributed by atoms with Crippen molar-refractivity contribution < 1.29 is 13.2 Å². The second-order valence-electron chi connectivity index (χ2n) is 6.08. The molecule has 0 aromatic heterocycles. The summed E-state index contributed by atoms with van der Waals surface area (Å²) in [7, 11) is 0. The number of hydrogen-bond acceptors (Lipinski definition) is 1. The molecule has 0 bridgehead atoms. The fraction of sp³-hybridized carbons (Fsp3) is 0.647. The van der Waals surface area contributed by atoms with Gasteiger partial charge in [-0.05, 0) is 55.8 Å². The van der Waals surface area contributed by atoms with Crippen LogP contribution in [0.5, 0.6) is 0 Å². The Hall–Kier alpha value is -1.03. The van der Waals surface area contributed by atoms with Gasteiger partial charge in [0.05, 0.1) is 0 Å². The molecule has 1 unspecified atom stereocenters. The highest BCUT2D eigenvalue weighted by atomic mass is 19.3. The van der Waals surface area contributed by atoms with Gasteiger partial charge in [-0.25, -0.2) is 13.2 Å². The minimum Gasteiger partial charge on any atom is -0.313 e. The highest BCUT2D eigenvalue weighted by Crippen LogP contribution is 2.38. The Bertz CT molecular complexity index is 420. The van der Waals surface area contributed by atoms with E-state index in [0.29, 0.717) is 12.8 Å². The molecule has 0 aliphatic heterocycles. The molecule has 1 aromatic rings. The Balaban J connectivity index is 1.99. The van der Waals surface area contributed by atoms with Crippen molar-refractivity contribution in [2.45, 2.75) is 57.4 Å². The lowest BCUT2D eigenvalue weighted by molar-refractivity contribution is -0.0495. The SMILES string of the molecule is CCCNC(Cc1ccc(F)cc1)C1CCC(F)(F)CC1. The Labute approximate surface area is 124 Å². The summed E-state index contributed by atoms with van der Waals surface area (Å²) in [5.41, 5.74) is 1.06. The van der Waals surface area contributed by atoms with E-state index in [0.717, 1.165) is 24.9 Å². The second kappa shape index (κ2) is 7.30. The van der Waals surface area contributed by atoms with E-state index >= 15 is 0 Å². The fourth-order valence-corrected chi connectivity index (χ4v) is 3.07. The van der Waals surface area contributed by atoms with Crippen LogP contribution in [0.25, 0.3) is 0 Å². The number of alkyl halides is 2. The van der Waals surface area contributed by atoms with Gasteiger partial charge in [-0.1, -0.05) is 19.1 Å². The molecule has 0 saturated heterocycles. The smallest absolute Gasteiger partial charge is 0.248 e. The van der Waals surface area contributed by atoms with Gasteiger partial charge in [0.15, 0.2) is 0 Å². The van der Waals surface area contributed by atoms with E-state index in [9.17, 15) is 13.2 Å². The first kappa shape index (κ1) is 16.3. The van der Waals surface area contributed by atoms with E-state index in [1.165, 1.54) is 12.1 Å². The minimum atomic E-state index is -2.48. The third-order valence-electron chi connectivity index (χ3n) is 4.36. The highest BCUT2D eigenvalue weighted by Gasteiger charge is 2.37. The number of benzene rings is 1. The van der Waals surface area contributed by atoms with Gasteiger partial charge in [0.25, 0.3) is 0 Å². The maximum absolute atomic E-state index is 13.3. The van der Waals surface area contributed by atoms with Crippen molar-refractivity contribution >= 4 is 0 Å². The Morgan fingerprint density at radius 2 is 1.81 bits per heavy atom. The molecule has 118 valence electrons. The largest absolute Gasteiger partial charge is 0.313 e. The van der Waals surface area contributed by atoms with Crippen LogP contribution in [0.4, 0.5) is 13.2 Å². The van der Waals surface area contributed by atoms with Gasteiger partial charge in [-0.15, -0.1) is 0 Å². The summed E-state index contributed by atoms with van der Waals surface area (Å²) >= 11 is 0. The monoisotopic (exact) mass is 299 g/mol. The van der Waals surface area contributed by atoms with E-state index < -0.39 is 5.92 Å². The van der Waals surface area contributed by atoms with Crippen molar-refractivity contribution in [1.82, 2.24) is 5.32 Å². The van der Waals surface area contributed by atoms with Crippen LogP contribution in [0.1, 0.15) is 44.6 Å². The quantitative estimate of drug-likeness (QED) is 0.812. The first-order chi connectivity index (χ1) is 10.00. The predicted octanol–water partition coefficient (Wildman–Crippen LogP) is 4.56. The molecule has 1 aliphatic rings. The zero-order chi connectivity index (χ0) is 15.3. The summed E-state index contributed by atoms with van der Waals surface area (Å²) in [6.07, 6.45) is 2.90. The Morgan fingerprint density at radius 3 is 2.38 bits per heavy atom. The highest BCUT2D eigenvalue weighted by molar-refractivity contribution is 5.17. The number of hydrogen-bond donors (Lipinski definition) is 1. The van der Waals surface area contributed by atoms with E-state index in [4.69, 9.17) is 0 Å². The summed E-state index contributed by atoms with van der Waals surface area (Å²) in [6, 6.07) is 6.69. The molecule has 1 atom stereocenters. The van der Waals surface area contributed by atoms with Gasteiger partial charge in [0.1, 0.15) is 5.82 Å². The third-order valence-corrected chi connectivity index (χ3v) is 4.36. The molecule has 21 heavy (non-hydrogen) atoms. The van der Waals surface area contributed by atoms with Gasteiger partial charge in [0, 0.05) is 18.9 Å². The summed E-state index contributed by atoms with van der Waals surface area (Å²) in [5.74, 6) is -2.45. The molecule has 1 N–H and O–H groups in total. The van der Waals surface area contributed by atoms with E-state index in [1.54, 1.807) is 12.1 Å². The third kappa shape index (κ3) is 5.03. The van der Waals surface area contributed by atoms with Crippen LogP contribution in [0.2, 0.25) is 0 Å². The lowest BCUT2D eigenvalue weighted by Gasteiger charge is -2.34. The molecule has 0 spiro atoms. The Morgan fingerprint density at radius 1 is 1.19 bits per heavy atom. The summed E-state index contributed by atoms with van der Waals surface area (Å²) in [5, 5.41) is 3.49. The van der Waals surface area contributed by atoms with Gasteiger partial charge in [0.2, 0.25) is 5.92 Å². The lowest BCUT2D eigenvalue weighted by Crippen LogP contribution is -2.41. The average Bonchev–Trinajstić information content (AvgIpc) is 2.46. The van der Waals surface area contributed by atoms with Crippen LogP contribution in [0.3, 0.4) is 0 Å². The van der Waals surface area contributed by atoms with E-state index in [-0.39, 0.29) is 30.6 Å². The van der Waals surface area contributed by atoms with Crippen LogP contribution in [-0.2, 0) is 6.42 Å². The first-order valence-corrected chi connectivity index (χ1v) is 7.86. The summed E-state index contributed by atoms with van der Waals surface area (Å²) in [4.78, 5) is 0. The van der Waals surface area contributed by atoms with Crippen molar-refractivity contribution in [3.63, 3.8) is 0 Å². The molecule has 0 amide bonds. The molecule has 0 heterocycles. The minimum absolute atomic E-state index is 0.00854. The van der Waals surface area contributed by atoms with E-state index in [1.807, 2.05) is 0 Å². The maximum atomic E-state index is 13.3. The van der Waals surface area contributed by atoms with Crippen LogP contribution >= 0.6 is 0 Å². The van der Waals surface area contributed by atoms with Gasteiger partial charge < -0.3 is 5.32 Å². The fourth-order valence-electron chi connectivity index (χ4n) is 3.07. The molecule has 1 nitrogen and oxygen atoms in total. The van der Waals surface area contributed by atoms with Crippen LogP contribution < -0.4 is 5.32 Å². The lowest BCUT2D eigenvalue weighted by atomic mass is 9.80. The number of halogens is 3. The zero-order valence-corrected chi connectivity index (χ0v) is 12.5. The molecule has 1 aromatic carbocycles. The molecular formula is C17H24F3N. The van der Waals surface area contributed by atoms with Gasteiger partial charge >= 0.3 is 0 Å². The van der Waals surface area contributed by atoms with E-state index in [2.05, 4.69) is 12.2 Å². The Kier molecular flexibility index (Phi) is 5.68. The maximum Gasteiger partial charge on any atom is 0.248 e. The van der Waals surface area contributed by atoms with Gasteiger partial charge in [-0.2, -0.15) is 0 Å².